The molecule has 2 aliphatic heterocycles. The standard InChI is InChI=1S/C20H17F3N2O2/c1-12-6-2-3-7-13(12)18-15-10-25(11-17(15)27-24-18)19(26)14-8-4-5-9-16(14)20(21,22)23/h2-9,15,17H,10-11H2,1H3. The van der Waals surface area contributed by atoms with Crippen LogP contribution in [0.25, 0.3) is 0 Å². The lowest BCUT2D eigenvalue weighted by molar-refractivity contribution is -0.138. The number of oxime groups is 1. The number of likely N-dealkylation sites (tertiary alicyclic amines) is 1. The van der Waals surface area contributed by atoms with Gasteiger partial charge in [0, 0.05) is 12.1 Å². The quantitative estimate of drug-likeness (QED) is 0.800. The number of hydrogen-bond acceptors (Lipinski definition) is 3. The molecule has 0 spiro atoms. The Labute approximate surface area is 154 Å². The van der Waals surface area contributed by atoms with E-state index in [1.165, 1.54) is 23.1 Å². The van der Waals surface area contributed by atoms with Gasteiger partial charge in [-0.25, -0.2) is 0 Å². The van der Waals surface area contributed by atoms with Gasteiger partial charge in [-0.15, -0.1) is 0 Å². The highest BCUT2D eigenvalue weighted by Crippen LogP contribution is 2.35. The van der Waals surface area contributed by atoms with Crippen molar-refractivity contribution in [2.45, 2.75) is 19.2 Å². The lowest BCUT2D eigenvalue weighted by Crippen LogP contribution is -2.32. The molecular weight excluding hydrogens is 357 g/mol. The normalized spacial score (nSPS) is 21.6. The molecule has 2 unspecified atom stereocenters. The summed E-state index contributed by atoms with van der Waals surface area (Å²) in [5, 5.41) is 4.17. The number of fused-ring (bicyclic) bond motifs is 1. The first kappa shape index (κ1) is 17.6. The summed E-state index contributed by atoms with van der Waals surface area (Å²) in [6.07, 6.45) is -4.91. The van der Waals surface area contributed by atoms with Gasteiger partial charge in [-0.2, -0.15) is 13.2 Å². The van der Waals surface area contributed by atoms with Crippen LogP contribution in [0.5, 0.6) is 0 Å². The number of nitrogens with zero attached hydrogens (tertiary/aromatic N) is 2. The van der Waals surface area contributed by atoms with Gasteiger partial charge in [-0.3, -0.25) is 4.79 Å². The number of aryl methyl sites for hydroxylation is 1. The van der Waals surface area contributed by atoms with Gasteiger partial charge in [0.15, 0.2) is 6.10 Å². The van der Waals surface area contributed by atoms with Gasteiger partial charge < -0.3 is 9.74 Å². The molecular formula is C20H17F3N2O2. The average Bonchev–Trinajstić information content (AvgIpc) is 3.22. The van der Waals surface area contributed by atoms with Gasteiger partial charge in [0.25, 0.3) is 5.91 Å². The summed E-state index contributed by atoms with van der Waals surface area (Å²) in [6.45, 7) is 2.46. The molecule has 0 saturated carbocycles. The van der Waals surface area contributed by atoms with Gasteiger partial charge in [0.1, 0.15) is 0 Å². The summed E-state index contributed by atoms with van der Waals surface area (Å²) < 4.78 is 39.7. The molecule has 0 aromatic heterocycles. The molecule has 2 atom stereocenters. The summed E-state index contributed by atoms with van der Waals surface area (Å²) in [7, 11) is 0. The van der Waals surface area contributed by atoms with Crippen molar-refractivity contribution in [2.24, 2.45) is 11.1 Å². The first-order valence-electron chi connectivity index (χ1n) is 8.61. The van der Waals surface area contributed by atoms with Gasteiger partial charge in [0.2, 0.25) is 0 Å². The highest BCUT2D eigenvalue weighted by Gasteiger charge is 2.46. The van der Waals surface area contributed by atoms with E-state index >= 15 is 0 Å². The van der Waals surface area contributed by atoms with Gasteiger partial charge in [-0.05, 0) is 24.6 Å². The second-order valence-corrected chi connectivity index (χ2v) is 6.80. The van der Waals surface area contributed by atoms with E-state index in [0.717, 1.165) is 22.9 Å². The predicted molar refractivity (Wildman–Crippen MR) is 93.4 cm³/mol. The number of rotatable bonds is 2. The molecule has 2 aromatic carbocycles. The van der Waals surface area contributed by atoms with E-state index in [4.69, 9.17) is 4.84 Å². The zero-order valence-electron chi connectivity index (χ0n) is 14.5. The van der Waals surface area contributed by atoms with E-state index in [0.29, 0.717) is 0 Å². The van der Waals surface area contributed by atoms with Crippen LogP contribution in [0.3, 0.4) is 0 Å². The van der Waals surface area contributed by atoms with Crippen molar-refractivity contribution in [1.29, 1.82) is 0 Å². The maximum absolute atomic E-state index is 13.2. The molecule has 1 amide bonds. The van der Waals surface area contributed by atoms with Crippen LogP contribution in [0.1, 0.15) is 27.0 Å². The Balaban J connectivity index is 1.59. The third-order valence-electron chi connectivity index (χ3n) is 5.07. The van der Waals surface area contributed by atoms with Gasteiger partial charge >= 0.3 is 6.18 Å². The van der Waals surface area contributed by atoms with Crippen LogP contribution in [-0.4, -0.2) is 35.7 Å². The number of halogens is 3. The second kappa shape index (κ2) is 6.40. The Kier molecular flexibility index (Phi) is 4.17. The molecule has 0 radical (unpaired) electrons. The minimum Gasteiger partial charge on any atom is -0.390 e. The molecule has 0 aliphatic carbocycles. The fraction of sp³-hybridized carbons (Fsp3) is 0.300. The van der Waals surface area contributed by atoms with Crippen LogP contribution in [0, 0.1) is 12.8 Å². The molecule has 7 heteroatoms. The number of amides is 1. The molecule has 2 heterocycles. The van der Waals surface area contributed by atoms with E-state index < -0.39 is 17.6 Å². The second-order valence-electron chi connectivity index (χ2n) is 6.80. The molecule has 140 valence electrons. The Bertz CT molecular complexity index is 923. The smallest absolute Gasteiger partial charge is 0.390 e. The van der Waals surface area contributed by atoms with E-state index in [1.807, 2.05) is 31.2 Å². The largest absolute Gasteiger partial charge is 0.417 e. The molecule has 2 aromatic rings. The van der Waals surface area contributed by atoms with E-state index in [-0.39, 0.29) is 30.7 Å². The third kappa shape index (κ3) is 3.07. The average molecular weight is 374 g/mol. The Morgan fingerprint density at radius 3 is 2.56 bits per heavy atom. The molecule has 27 heavy (non-hydrogen) atoms. The number of carbonyl (C=O) groups excluding carboxylic acids is 1. The molecule has 4 rings (SSSR count). The van der Waals surface area contributed by atoms with Crippen molar-refractivity contribution in [2.75, 3.05) is 13.1 Å². The van der Waals surface area contributed by atoms with E-state index in [9.17, 15) is 18.0 Å². The van der Waals surface area contributed by atoms with Crippen LogP contribution >= 0.6 is 0 Å². The summed E-state index contributed by atoms with van der Waals surface area (Å²) in [5.41, 5.74) is 1.47. The van der Waals surface area contributed by atoms with Crippen molar-refractivity contribution < 1.29 is 22.8 Å². The summed E-state index contributed by atoms with van der Waals surface area (Å²) in [6, 6.07) is 12.6. The fourth-order valence-electron chi connectivity index (χ4n) is 3.70. The maximum Gasteiger partial charge on any atom is 0.417 e. The zero-order valence-corrected chi connectivity index (χ0v) is 14.5. The van der Waals surface area contributed by atoms with Crippen LogP contribution in [0.15, 0.2) is 53.7 Å². The Hall–Kier alpha value is -2.83. The number of carbonyl (C=O) groups is 1. The minimum atomic E-state index is -4.58. The molecule has 1 saturated heterocycles. The predicted octanol–water partition coefficient (Wildman–Crippen LogP) is 3.89. The topological polar surface area (TPSA) is 41.9 Å². The van der Waals surface area contributed by atoms with E-state index in [1.54, 1.807) is 0 Å². The molecule has 0 N–H and O–H groups in total. The number of benzene rings is 2. The highest BCUT2D eigenvalue weighted by atomic mass is 19.4. The molecule has 4 nitrogen and oxygen atoms in total. The number of alkyl halides is 3. The lowest BCUT2D eigenvalue weighted by Gasteiger charge is -2.20. The van der Waals surface area contributed by atoms with E-state index in [2.05, 4.69) is 5.16 Å². The monoisotopic (exact) mass is 374 g/mol. The fourth-order valence-corrected chi connectivity index (χ4v) is 3.70. The summed E-state index contributed by atoms with van der Waals surface area (Å²) >= 11 is 0. The van der Waals surface area contributed by atoms with Crippen molar-refractivity contribution in [3.8, 4) is 0 Å². The van der Waals surface area contributed by atoms with Crippen LogP contribution in [0.2, 0.25) is 0 Å². The Morgan fingerprint density at radius 2 is 1.81 bits per heavy atom. The summed E-state index contributed by atoms with van der Waals surface area (Å²) in [4.78, 5) is 19.7. The van der Waals surface area contributed by atoms with Crippen molar-refractivity contribution in [1.82, 2.24) is 4.90 Å². The van der Waals surface area contributed by atoms with Crippen LogP contribution in [0.4, 0.5) is 13.2 Å². The third-order valence-corrected chi connectivity index (χ3v) is 5.07. The molecule has 1 fully saturated rings. The highest BCUT2D eigenvalue weighted by molar-refractivity contribution is 6.05. The van der Waals surface area contributed by atoms with Crippen LogP contribution < -0.4 is 0 Å². The summed E-state index contributed by atoms with van der Waals surface area (Å²) in [5.74, 6) is -0.779. The van der Waals surface area contributed by atoms with Crippen molar-refractivity contribution >= 4 is 11.6 Å². The van der Waals surface area contributed by atoms with Crippen LogP contribution in [-0.2, 0) is 11.0 Å². The molecule has 2 aliphatic rings. The van der Waals surface area contributed by atoms with Crippen molar-refractivity contribution in [3.05, 3.63) is 70.8 Å². The maximum atomic E-state index is 13.2. The molecule has 0 bridgehead atoms. The minimum absolute atomic E-state index is 0.145. The zero-order chi connectivity index (χ0) is 19.2. The van der Waals surface area contributed by atoms with Gasteiger partial charge in [0.05, 0.1) is 29.3 Å². The SMILES string of the molecule is Cc1ccccc1C1=NOC2CN(C(=O)c3ccccc3C(F)(F)F)CC12. The lowest BCUT2D eigenvalue weighted by atomic mass is 9.92. The van der Waals surface area contributed by atoms with Gasteiger partial charge in [-0.1, -0.05) is 41.6 Å². The van der Waals surface area contributed by atoms with Crippen molar-refractivity contribution in [3.63, 3.8) is 0 Å². The Morgan fingerprint density at radius 1 is 1.11 bits per heavy atom. The first-order valence-corrected chi connectivity index (χ1v) is 8.61. The number of hydrogen-bond donors (Lipinski definition) is 0. The first-order chi connectivity index (χ1) is 12.9.